The number of para-hydroxylation sites is 1. The number of aromatic nitrogens is 1. The van der Waals surface area contributed by atoms with Gasteiger partial charge in [-0.15, -0.1) is 0 Å². The number of piperidine rings is 1. The van der Waals surface area contributed by atoms with Crippen molar-refractivity contribution in [2.75, 3.05) is 20.2 Å². The second kappa shape index (κ2) is 5.83. The van der Waals surface area contributed by atoms with Crippen molar-refractivity contribution in [2.45, 2.75) is 12.8 Å². The minimum Gasteiger partial charge on any atom is -0.469 e. The number of amides is 1. The molecule has 1 aromatic carbocycles. The maximum atomic E-state index is 12.9. The predicted molar refractivity (Wildman–Crippen MR) is 83.6 cm³/mol. The molecule has 5 nitrogen and oxygen atoms in total. The normalized spacial score (nSPS) is 18.5. The molecule has 0 saturated carbocycles. The van der Waals surface area contributed by atoms with Crippen molar-refractivity contribution in [2.24, 2.45) is 13.0 Å². The smallest absolute Gasteiger partial charge is 0.310 e. The standard InChI is InChI=1S/C17H20N2O3/c1-18-10-8-12-5-3-7-14(15(12)18)16(20)19-9-4-6-13(11-19)17(21)22-2/h3,5,7-8,10,13H,4,6,9,11H2,1-2H3. The summed E-state index contributed by atoms with van der Waals surface area (Å²) in [6.45, 7) is 1.12. The Morgan fingerprint density at radius 3 is 2.86 bits per heavy atom. The average Bonchev–Trinajstić information content (AvgIpc) is 2.95. The van der Waals surface area contributed by atoms with Gasteiger partial charge in [0.05, 0.1) is 24.1 Å². The van der Waals surface area contributed by atoms with Gasteiger partial charge in [0.15, 0.2) is 0 Å². The zero-order valence-corrected chi connectivity index (χ0v) is 12.9. The van der Waals surface area contributed by atoms with Crippen molar-refractivity contribution < 1.29 is 14.3 Å². The fraction of sp³-hybridized carbons (Fsp3) is 0.412. The molecule has 0 bridgehead atoms. The van der Waals surface area contributed by atoms with Crippen molar-refractivity contribution in [3.05, 3.63) is 36.0 Å². The van der Waals surface area contributed by atoms with Crippen LogP contribution in [0.5, 0.6) is 0 Å². The Labute approximate surface area is 129 Å². The predicted octanol–water partition coefficient (Wildman–Crippen LogP) is 2.20. The Morgan fingerprint density at radius 2 is 2.09 bits per heavy atom. The molecule has 2 heterocycles. The minimum atomic E-state index is -0.227. The Kier molecular flexibility index (Phi) is 3.88. The summed E-state index contributed by atoms with van der Waals surface area (Å²) in [5.74, 6) is -0.453. The van der Waals surface area contributed by atoms with E-state index in [2.05, 4.69) is 0 Å². The number of aryl methyl sites for hydroxylation is 1. The fourth-order valence-electron chi connectivity index (χ4n) is 3.22. The van der Waals surface area contributed by atoms with E-state index in [1.165, 1.54) is 7.11 Å². The second-order valence-corrected chi connectivity index (χ2v) is 5.78. The first-order valence-electron chi connectivity index (χ1n) is 7.53. The first kappa shape index (κ1) is 14.6. The lowest BCUT2D eigenvalue weighted by molar-refractivity contribution is -0.146. The number of ether oxygens (including phenoxy) is 1. The van der Waals surface area contributed by atoms with Crippen LogP contribution in [-0.4, -0.2) is 41.5 Å². The summed E-state index contributed by atoms with van der Waals surface area (Å²) in [6.07, 6.45) is 3.56. The molecular formula is C17H20N2O3. The largest absolute Gasteiger partial charge is 0.469 e. The molecular weight excluding hydrogens is 280 g/mol. The molecule has 0 spiro atoms. The molecule has 1 aromatic heterocycles. The lowest BCUT2D eigenvalue weighted by atomic mass is 9.97. The van der Waals surface area contributed by atoms with Crippen LogP contribution in [0.4, 0.5) is 0 Å². The molecule has 0 radical (unpaired) electrons. The van der Waals surface area contributed by atoms with Crippen molar-refractivity contribution in [3.8, 4) is 0 Å². The zero-order valence-electron chi connectivity index (χ0n) is 12.9. The highest BCUT2D eigenvalue weighted by atomic mass is 16.5. The summed E-state index contributed by atoms with van der Waals surface area (Å²) in [5.41, 5.74) is 1.63. The van der Waals surface area contributed by atoms with E-state index < -0.39 is 0 Å². The fourth-order valence-corrected chi connectivity index (χ4v) is 3.22. The van der Waals surface area contributed by atoms with Crippen molar-refractivity contribution in [3.63, 3.8) is 0 Å². The minimum absolute atomic E-state index is 0.0130. The van der Waals surface area contributed by atoms with Crippen molar-refractivity contribution in [1.82, 2.24) is 9.47 Å². The molecule has 22 heavy (non-hydrogen) atoms. The quantitative estimate of drug-likeness (QED) is 0.799. The van der Waals surface area contributed by atoms with Gasteiger partial charge in [0.25, 0.3) is 5.91 Å². The van der Waals surface area contributed by atoms with Crippen LogP contribution >= 0.6 is 0 Å². The van der Waals surface area contributed by atoms with Crippen molar-refractivity contribution >= 4 is 22.8 Å². The number of nitrogens with zero attached hydrogens (tertiary/aromatic N) is 2. The van der Waals surface area contributed by atoms with E-state index in [1.54, 1.807) is 4.90 Å². The van der Waals surface area contributed by atoms with Crippen LogP contribution in [0.15, 0.2) is 30.5 Å². The number of rotatable bonds is 2. The molecule has 0 N–H and O–H groups in total. The molecule has 5 heteroatoms. The molecule has 0 aliphatic carbocycles. The van der Waals surface area contributed by atoms with Gasteiger partial charge in [-0.1, -0.05) is 12.1 Å². The Balaban J connectivity index is 1.89. The van der Waals surface area contributed by atoms with Gasteiger partial charge < -0.3 is 14.2 Å². The van der Waals surface area contributed by atoms with Gasteiger partial charge in [-0.05, 0) is 25.0 Å². The van der Waals surface area contributed by atoms with Crippen LogP contribution in [0, 0.1) is 5.92 Å². The van der Waals surface area contributed by atoms with Gasteiger partial charge in [0, 0.05) is 31.7 Å². The highest BCUT2D eigenvalue weighted by Crippen LogP contribution is 2.24. The first-order chi connectivity index (χ1) is 10.6. The molecule has 1 atom stereocenters. The number of hydrogen-bond donors (Lipinski definition) is 0. The molecule has 1 fully saturated rings. The summed E-state index contributed by atoms with van der Waals surface area (Å²) in [4.78, 5) is 26.4. The van der Waals surface area contributed by atoms with Gasteiger partial charge in [-0.25, -0.2) is 0 Å². The molecule has 1 amide bonds. The van der Waals surface area contributed by atoms with Crippen LogP contribution in [0.2, 0.25) is 0 Å². The van der Waals surface area contributed by atoms with Gasteiger partial charge in [0.2, 0.25) is 0 Å². The average molecular weight is 300 g/mol. The molecule has 2 aromatic rings. The van der Waals surface area contributed by atoms with Gasteiger partial charge in [-0.3, -0.25) is 9.59 Å². The summed E-state index contributed by atoms with van der Waals surface area (Å²) in [6, 6.07) is 7.75. The lowest BCUT2D eigenvalue weighted by Gasteiger charge is -2.31. The SMILES string of the molecule is COC(=O)C1CCCN(C(=O)c2cccc3ccn(C)c23)C1. The monoisotopic (exact) mass is 300 g/mol. The van der Waals surface area contributed by atoms with Crippen molar-refractivity contribution in [1.29, 1.82) is 0 Å². The Morgan fingerprint density at radius 1 is 1.27 bits per heavy atom. The molecule has 116 valence electrons. The third-order valence-corrected chi connectivity index (χ3v) is 4.37. The van der Waals surface area contributed by atoms with Crippen LogP contribution in [0.3, 0.4) is 0 Å². The van der Waals surface area contributed by atoms with Crippen LogP contribution in [0.25, 0.3) is 10.9 Å². The van der Waals surface area contributed by atoms with E-state index in [9.17, 15) is 9.59 Å². The van der Waals surface area contributed by atoms with Crippen LogP contribution in [-0.2, 0) is 16.6 Å². The maximum Gasteiger partial charge on any atom is 0.310 e. The van der Waals surface area contributed by atoms with E-state index in [1.807, 2.05) is 42.1 Å². The Hall–Kier alpha value is -2.30. The molecule has 1 aliphatic heterocycles. The summed E-state index contributed by atoms with van der Waals surface area (Å²) < 4.78 is 6.78. The van der Waals surface area contributed by atoms with E-state index >= 15 is 0 Å². The number of benzene rings is 1. The molecule has 3 rings (SSSR count). The molecule has 1 aliphatic rings. The van der Waals surface area contributed by atoms with E-state index in [4.69, 9.17) is 4.74 Å². The number of hydrogen-bond acceptors (Lipinski definition) is 3. The molecule has 1 saturated heterocycles. The Bertz CT molecular complexity index is 720. The van der Waals surface area contributed by atoms with E-state index in [0.29, 0.717) is 18.7 Å². The highest BCUT2D eigenvalue weighted by molar-refractivity contribution is 6.06. The van der Waals surface area contributed by atoms with Gasteiger partial charge in [0.1, 0.15) is 0 Å². The van der Waals surface area contributed by atoms with Gasteiger partial charge >= 0.3 is 5.97 Å². The topological polar surface area (TPSA) is 51.5 Å². The first-order valence-corrected chi connectivity index (χ1v) is 7.53. The maximum absolute atomic E-state index is 12.9. The third kappa shape index (κ3) is 2.47. The number of esters is 1. The zero-order chi connectivity index (χ0) is 15.7. The number of carbonyl (C=O) groups is 2. The highest BCUT2D eigenvalue weighted by Gasteiger charge is 2.30. The van der Waals surface area contributed by atoms with Crippen LogP contribution in [0.1, 0.15) is 23.2 Å². The van der Waals surface area contributed by atoms with Gasteiger partial charge in [-0.2, -0.15) is 0 Å². The van der Waals surface area contributed by atoms with E-state index in [-0.39, 0.29) is 17.8 Å². The number of likely N-dealkylation sites (tertiary alicyclic amines) is 1. The molecule has 1 unspecified atom stereocenters. The van der Waals surface area contributed by atoms with E-state index in [0.717, 1.165) is 23.7 Å². The number of carbonyl (C=O) groups excluding carboxylic acids is 2. The lowest BCUT2D eigenvalue weighted by Crippen LogP contribution is -2.42. The summed E-state index contributed by atoms with van der Waals surface area (Å²) in [7, 11) is 3.33. The number of methoxy groups -OCH3 is 1. The number of fused-ring (bicyclic) bond motifs is 1. The summed E-state index contributed by atoms with van der Waals surface area (Å²) in [5, 5.41) is 1.05. The van der Waals surface area contributed by atoms with Crippen LogP contribution < -0.4 is 0 Å². The summed E-state index contributed by atoms with van der Waals surface area (Å²) >= 11 is 0. The third-order valence-electron chi connectivity index (χ3n) is 4.37. The second-order valence-electron chi connectivity index (χ2n) is 5.78.